The van der Waals surface area contributed by atoms with Gasteiger partial charge in [-0.05, 0) is 43.9 Å². The number of hydroxylamine groups is 4. The van der Waals surface area contributed by atoms with Gasteiger partial charge in [0, 0.05) is 12.8 Å². The van der Waals surface area contributed by atoms with E-state index in [1.165, 1.54) is 6.42 Å². The van der Waals surface area contributed by atoms with Crippen LogP contribution in [0, 0.1) is 22.3 Å². The first kappa shape index (κ1) is 13.2. The highest BCUT2D eigenvalue weighted by Crippen LogP contribution is 2.30. The Morgan fingerprint density at radius 1 is 1.00 bits per heavy atom. The van der Waals surface area contributed by atoms with E-state index in [9.17, 15) is 10.4 Å². The third kappa shape index (κ3) is 3.89. The fourth-order valence-electron chi connectivity index (χ4n) is 3.35. The molecule has 0 aromatic rings. The van der Waals surface area contributed by atoms with Gasteiger partial charge < -0.3 is 15.5 Å². The number of hydrogen-bond acceptors (Lipinski definition) is 3. The fraction of sp³-hybridized carbons (Fsp3) is 1.00. The van der Waals surface area contributed by atoms with E-state index in [0.717, 1.165) is 57.5 Å². The summed E-state index contributed by atoms with van der Waals surface area (Å²) in [6, 6.07) is -0.0980. The average Bonchev–Trinajstić information content (AvgIpc) is 2.33. The molecule has 1 heterocycles. The van der Waals surface area contributed by atoms with Gasteiger partial charge in [-0.15, -0.1) is 0 Å². The third-order valence-corrected chi connectivity index (χ3v) is 4.53. The highest BCUT2D eigenvalue weighted by molar-refractivity contribution is 4.75. The zero-order valence-electron chi connectivity index (χ0n) is 10.4. The Kier molecular flexibility index (Phi) is 4.76. The van der Waals surface area contributed by atoms with Gasteiger partial charge >= 0.3 is 0 Å². The maximum absolute atomic E-state index is 11.2. The highest BCUT2D eigenvalue weighted by Gasteiger charge is 2.28. The van der Waals surface area contributed by atoms with Gasteiger partial charge in [0.1, 0.15) is 6.04 Å². The molecule has 0 amide bonds. The van der Waals surface area contributed by atoms with Crippen molar-refractivity contribution in [3.63, 3.8) is 0 Å². The van der Waals surface area contributed by atoms with Crippen LogP contribution in [0.3, 0.4) is 0 Å². The zero-order valence-corrected chi connectivity index (χ0v) is 10.4. The second-order valence-corrected chi connectivity index (χ2v) is 5.77. The lowest BCUT2D eigenvalue weighted by Gasteiger charge is -2.36. The minimum atomic E-state index is -0.619. The zero-order chi connectivity index (χ0) is 12.3. The predicted molar refractivity (Wildman–Crippen MR) is 63.3 cm³/mol. The molecule has 2 aliphatic rings. The molecule has 5 nitrogen and oxygen atoms in total. The molecule has 0 radical (unpaired) electrons. The van der Waals surface area contributed by atoms with E-state index in [4.69, 9.17) is 5.21 Å². The lowest BCUT2D eigenvalue weighted by Crippen LogP contribution is -3.09. The molecule has 1 aliphatic heterocycles. The first-order chi connectivity index (χ1) is 8.15. The maximum atomic E-state index is 11.2. The van der Waals surface area contributed by atoms with Crippen LogP contribution in [0.4, 0.5) is 0 Å². The van der Waals surface area contributed by atoms with Gasteiger partial charge in [-0.25, -0.2) is 10.4 Å². The number of nitrogens with one attached hydrogen (secondary N) is 2. The van der Waals surface area contributed by atoms with Crippen LogP contribution in [0.1, 0.15) is 44.9 Å². The summed E-state index contributed by atoms with van der Waals surface area (Å²) in [6.45, 7) is 1.55. The average molecular weight is 244 g/mol. The molecule has 1 aliphatic carbocycles. The van der Waals surface area contributed by atoms with Crippen molar-refractivity contribution in [2.75, 3.05) is 13.1 Å². The number of quaternary nitrogens is 2. The summed E-state index contributed by atoms with van der Waals surface area (Å²) in [5.74, 6) is 1.43. The monoisotopic (exact) mass is 244 g/mol. The molecule has 0 spiro atoms. The predicted octanol–water partition coefficient (Wildman–Crippen LogP) is -0.500. The van der Waals surface area contributed by atoms with Gasteiger partial charge in [-0.3, -0.25) is 0 Å². The molecule has 0 bridgehead atoms. The van der Waals surface area contributed by atoms with Crippen LogP contribution < -0.4 is 10.3 Å². The van der Waals surface area contributed by atoms with Crippen molar-refractivity contribution >= 4 is 0 Å². The molecule has 17 heavy (non-hydrogen) atoms. The van der Waals surface area contributed by atoms with Crippen molar-refractivity contribution in [2.45, 2.75) is 51.0 Å². The molecular formula is C12H24N2O3. The Morgan fingerprint density at radius 3 is 2.06 bits per heavy atom. The van der Waals surface area contributed by atoms with Gasteiger partial charge in [0.05, 0.1) is 13.1 Å². The fourth-order valence-corrected chi connectivity index (χ4v) is 3.35. The molecule has 2 rings (SSSR count). The molecule has 5 heteroatoms. The first-order valence-electron chi connectivity index (χ1n) is 6.89. The molecule has 1 saturated heterocycles. The van der Waals surface area contributed by atoms with E-state index in [2.05, 4.69) is 0 Å². The van der Waals surface area contributed by atoms with Crippen molar-refractivity contribution in [3.05, 3.63) is 10.4 Å². The van der Waals surface area contributed by atoms with Crippen LogP contribution in [-0.4, -0.2) is 24.3 Å². The number of rotatable bonds is 3. The van der Waals surface area contributed by atoms with E-state index < -0.39 is 5.23 Å². The first-order valence-corrected chi connectivity index (χ1v) is 6.89. The van der Waals surface area contributed by atoms with Crippen LogP contribution in [0.15, 0.2) is 0 Å². The molecule has 1 atom stereocenters. The summed E-state index contributed by atoms with van der Waals surface area (Å²) in [5, 5.41) is 30.7. The summed E-state index contributed by atoms with van der Waals surface area (Å²) in [4.78, 5) is 0. The van der Waals surface area contributed by atoms with Crippen LogP contribution in [0.25, 0.3) is 0 Å². The summed E-state index contributed by atoms with van der Waals surface area (Å²) in [7, 11) is 0. The summed E-state index contributed by atoms with van der Waals surface area (Å²) in [6.07, 6.45) is 7.20. The Hall–Kier alpha value is -0.200. The van der Waals surface area contributed by atoms with Crippen LogP contribution in [-0.2, 0) is 0 Å². The normalized spacial score (nSPS) is 41.1. The molecule has 0 aromatic carbocycles. The molecule has 100 valence electrons. The topological polar surface area (TPSA) is 75.2 Å². The Morgan fingerprint density at radius 2 is 1.53 bits per heavy atom. The van der Waals surface area contributed by atoms with Crippen LogP contribution in [0.2, 0.25) is 0 Å². The summed E-state index contributed by atoms with van der Waals surface area (Å²) < 4.78 is 0. The van der Waals surface area contributed by atoms with Gasteiger partial charge in [-0.2, -0.15) is 0 Å². The quantitative estimate of drug-likeness (QED) is 0.463. The molecule has 1 unspecified atom stereocenters. The van der Waals surface area contributed by atoms with Crippen molar-refractivity contribution in [2.24, 2.45) is 11.8 Å². The number of piperidine rings is 1. The molecule has 1 saturated carbocycles. The smallest absolute Gasteiger partial charge is 0.117 e. The maximum Gasteiger partial charge on any atom is 0.117 e. The van der Waals surface area contributed by atoms with Gasteiger partial charge in [0.25, 0.3) is 0 Å². The SMILES string of the molecule is [O-][NH+]1CCC(CC2CCC([NH+]([O-])O)CC2)CC1. The van der Waals surface area contributed by atoms with E-state index in [1.807, 2.05) is 0 Å². The largest absolute Gasteiger partial charge is 0.634 e. The molecule has 0 aromatic heterocycles. The lowest BCUT2D eigenvalue weighted by atomic mass is 9.78. The molecule has 2 fully saturated rings. The van der Waals surface area contributed by atoms with Crippen LogP contribution >= 0.6 is 0 Å². The van der Waals surface area contributed by atoms with E-state index >= 15 is 0 Å². The van der Waals surface area contributed by atoms with Gasteiger partial charge in [0.15, 0.2) is 0 Å². The minimum absolute atomic E-state index is 0.0980. The van der Waals surface area contributed by atoms with Crippen molar-refractivity contribution < 1.29 is 15.5 Å². The summed E-state index contributed by atoms with van der Waals surface area (Å²) >= 11 is 0. The minimum Gasteiger partial charge on any atom is -0.634 e. The van der Waals surface area contributed by atoms with Gasteiger partial charge in [0.2, 0.25) is 0 Å². The lowest BCUT2D eigenvalue weighted by molar-refractivity contribution is -1.07. The van der Waals surface area contributed by atoms with Crippen molar-refractivity contribution in [1.29, 1.82) is 0 Å². The Bertz CT molecular complexity index is 222. The van der Waals surface area contributed by atoms with Crippen LogP contribution in [0.5, 0.6) is 0 Å². The van der Waals surface area contributed by atoms with E-state index in [1.54, 1.807) is 0 Å². The van der Waals surface area contributed by atoms with Gasteiger partial charge in [-0.1, -0.05) is 0 Å². The number of hydrogen-bond donors (Lipinski definition) is 3. The molecule has 3 N–H and O–H groups in total. The highest BCUT2D eigenvalue weighted by atomic mass is 16.8. The molecular weight excluding hydrogens is 220 g/mol. The second-order valence-electron chi connectivity index (χ2n) is 5.77. The third-order valence-electron chi connectivity index (χ3n) is 4.53. The van der Waals surface area contributed by atoms with Crippen molar-refractivity contribution in [1.82, 2.24) is 0 Å². The Labute approximate surface area is 103 Å². The van der Waals surface area contributed by atoms with E-state index in [-0.39, 0.29) is 6.04 Å². The second kappa shape index (κ2) is 6.11. The summed E-state index contributed by atoms with van der Waals surface area (Å²) in [5.41, 5.74) is 0. The van der Waals surface area contributed by atoms with Crippen molar-refractivity contribution in [3.8, 4) is 0 Å². The standard InChI is InChI=1S/C12H24N2O3/c15-13-7-5-11(6-8-13)9-10-1-3-12(4-2-10)14(16)17/h10-14,16H,1-9H2. The Balaban J connectivity index is 1.67. The van der Waals surface area contributed by atoms with E-state index in [0.29, 0.717) is 11.0 Å².